The Hall–Kier alpha value is -0.930. The van der Waals surface area contributed by atoms with Crippen LogP contribution in [0.1, 0.15) is 0 Å². The van der Waals surface area contributed by atoms with Crippen LogP contribution in [0.4, 0.5) is 24.5 Å². The molecule has 0 saturated heterocycles. The van der Waals surface area contributed by atoms with Crippen LogP contribution in [-0.4, -0.2) is 11.3 Å². The van der Waals surface area contributed by atoms with Gasteiger partial charge in [0.2, 0.25) is 5.88 Å². The smallest absolute Gasteiger partial charge is 0.396 e. The minimum absolute atomic E-state index is 0.0276. The number of nitrogens with two attached hydrogens (primary N) is 2. The molecule has 0 spiro atoms. The average molecular weight is 319 g/mol. The van der Waals surface area contributed by atoms with Gasteiger partial charge in [0, 0.05) is 0 Å². The lowest BCUT2D eigenvalue weighted by Crippen LogP contribution is -2.19. The van der Waals surface area contributed by atoms with Crippen LogP contribution in [0.5, 0.6) is 5.88 Å². The Bertz CT molecular complexity index is 355. The van der Waals surface area contributed by atoms with Crippen molar-refractivity contribution in [2.45, 2.75) is 6.36 Å². The largest absolute Gasteiger partial charge is 0.574 e. The summed E-state index contributed by atoms with van der Waals surface area (Å²) in [7, 11) is 0. The van der Waals surface area contributed by atoms with E-state index in [2.05, 4.69) is 9.72 Å². The van der Waals surface area contributed by atoms with Crippen LogP contribution in [0.15, 0.2) is 6.20 Å². The lowest BCUT2D eigenvalue weighted by Gasteiger charge is -2.11. The number of nitrogen functional groups attached to an aromatic ring is 2. The maximum atomic E-state index is 11.8. The highest BCUT2D eigenvalue weighted by atomic mass is 127. The number of rotatable bonds is 1. The molecule has 0 bridgehead atoms. The highest BCUT2D eigenvalue weighted by Gasteiger charge is 2.33. The Labute approximate surface area is 90.6 Å². The van der Waals surface area contributed by atoms with Crippen LogP contribution in [0.25, 0.3) is 0 Å². The molecule has 1 rings (SSSR count). The van der Waals surface area contributed by atoms with E-state index in [9.17, 15) is 13.2 Å². The Morgan fingerprint density at radius 1 is 1.36 bits per heavy atom. The first kappa shape index (κ1) is 11.1. The minimum Gasteiger partial charge on any atom is -0.396 e. The first-order valence-electron chi connectivity index (χ1n) is 3.26. The number of hydrogen-bond acceptors (Lipinski definition) is 4. The third kappa shape index (κ3) is 2.53. The van der Waals surface area contributed by atoms with Crippen molar-refractivity contribution in [1.29, 1.82) is 0 Å². The number of anilines is 2. The maximum Gasteiger partial charge on any atom is 0.574 e. The van der Waals surface area contributed by atoms with Gasteiger partial charge >= 0.3 is 6.36 Å². The van der Waals surface area contributed by atoms with Crippen molar-refractivity contribution in [3.8, 4) is 5.88 Å². The van der Waals surface area contributed by atoms with Crippen LogP contribution in [0.3, 0.4) is 0 Å². The third-order valence-electron chi connectivity index (χ3n) is 1.27. The lowest BCUT2D eigenvalue weighted by atomic mass is 10.3. The molecular weight excluding hydrogens is 314 g/mol. The summed E-state index contributed by atoms with van der Waals surface area (Å²) in [5, 5.41) is 0. The van der Waals surface area contributed by atoms with Gasteiger partial charge in [-0.1, -0.05) is 0 Å². The van der Waals surface area contributed by atoms with Gasteiger partial charge in [0.1, 0.15) is 3.57 Å². The molecule has 0 aliphatic rings. The molecule has 4 N–H and O–H groups in total. The normalized spacial score (nSPS) is 11.4. The van der Waals surface area contributed by atoms with Crippen LogP contribution in [0, 0.1) is 3.57 Å². The van der Waals surface area contributed by atoms with Crippen molar-refractivity contribution in [3.63, 3.8) is 0 Å². The standard InChI is InChI=1S/C6H5F3IN3O/c7-6(8,9)14-5-3(10)4(12)2(11)1-13-5/h1H,11H2,(H2,12,13). The number of hydrogen-bond donors (Lipinski definition) is 2. The summed E-state index contributed by atoms with van der Waals surface area (Å²) in [6.07, 6.45) is -3.77. The number of nitrogens with zero attached hydrogens (tertiary/aromatic N) is 1. The summed E-state index contributed by atoms with van der Waals surface area (Å²) in [5.41, 5.74) is 10.8. The fourth-order valence-corrected chi connectivity index (χ4v) is 1.24. The van der Waals surface area contributed by atoms with Gasteiger partial charge in [-0.05, 0) is 22.6 Å². The highest BCUT2D eigenvalue weighted by molar-refractivity contribution is 14.1. The van der Waals surface area contributed by atoms with Gasteiger partial charge in [0.05, 0.1) is 17.6 Å². The molecule has 0 atom stereocenters. The van der Waals surface area contributed by atoms with Gasteiger partial charge in [-0.15, -0.1) is 13.2 Å². The SMILES string of the molecule is Nc1cnc(OC(F)(F)F)c(I)c1N. The van der Waals surface area contributed by atoms with Crippen LogP contribution in [-0.2, 0) is 0 Å². The fourth-order valence-electron chi connectivity index (χ4n) is 0.677. The van der Waals surface area contributed by atoms with E-state index in [0.717, 1.165) is 6.20 Å². The zero-order valence-electron chi connectivity index (χ0n) is 6.60. The Kier molecular flexibility index (Phi) is 2.92. The van der Waals surface area contributed by atoms with Gasteiger partial charge in [0.15, 0.2) is 0 Å². The average Bonchev–Trinajstić information content (AvgIpc) is 2.04. The number of ether oxygens (including phenoxy) is 1. The van der Waals surface area contributed by atoms with E-state index >= 15 is 0 Å². The second kappa shape index (κ2) is 3.67. The van der Waals surface area contributed by atoms with Crippen molar-refractivity contribution in [1.82, 2.24) is 4.98 Å². The molecule has 1 heterocycles. The van der Waals surface area contributed by atoms with Crippen molar-refractivity contribution < 1.29 is 17.9 Å². The third-order valence-corrected chi connectivity index (χ3v) is 2.31. The maximum absolute atomic E-state index is 11.8. The highest BCUT2D eigenvalue weighted by Crippen LogP contribution is 2.31. The molecule has 8 heteroatoms. The minimum atomic E-state index is -4.78. The van der Waals surface area contributed by atoms with Gasteiger partial charge in [-0.2, -0.15) is 0 Å². The van der Waals surface area contributed by atoms with Gasteiger partial charge < -0.3 is 16.2 Å². The molecule has 0 fully saturated rings. The molecule has 0 aliphatic heterocycles. The molecule has 1 aromatic heterocycles. The summed E-state index contributed by atoms with van der Waals surface area (Å²) in [6.45, 7) is 0. The number of halogens is 4. The van der Waals surface area contributed by atoms with E-state index in [1.807, 2.05) is 0 Å². The monoisotopic (exact) mass is 319 g/mol. The lowest BCUT2D eigenvalue weighted by molar-refractivity contribution is -0.276. The zero-order valence-corrected chi connectivity index (χ0v) is 8.76. The fraction of sp³-hybridized carbons (Fsp3) is 0.167. The van der Waals surface area contributed by atoms with Crippen LogP contribution >= 0.6 is 22.6 Å². The molecule has 0 aliphatic carbocycles. The molecular formula is C6H5F3IN3O. The van der Waals surface area contributed by atoms with Crippen molar-refractivity contribution in [2.75, 3.05) is 11.5 Å². The number of alkyl halides is 3. The quantitative estimate of drug-likeness (QED) is 0.774. The van der Waals surface area contributed by atoms with Crippen molar-refractivity contribution in [2.24, 2.45) is 0 Å². The second-order valence-corrected chi connectivity index (χ2v) is 3.37. The molecule has 14 heavy (non-hydrogen) atoms. The van der Waals surface area contributed by atoms with E-state index in [0.29, 0.717) is 0 Å². The van der Waals surface area contributed by atoms with E-state index in [1.165, 1.54) is 0 Å². The van der Waals surface area contributed by atoms with E-state index in [4.69, 9.17) is 11.5 Å². The molecule has 0 amide bonds. The molecule has 0 saturated carbocycles. The Morgan fingerprint density at radius 2 is 1.93 bits per heavy atom. The zero-order chi connectivity index (χ0) is 10.9. The van der Waals surface area contributed by atoms with E-state index in [-0.39, 0.29) is 14.9 Å². The predicted octanol–water partition coefficient (Wildman–Crippen LogP) is 1.75. The molecule has 4 nitrogen and oxygen atoms in total. The van der Waals surface area contributed by atoms with E-state index < -0.39 is 12.2 Å². The summed E-state index contributed by atoms with van der Waals surface area (Å²) >= 11 is 1.58. The topological polar surface area (TPSA) is 74.2 Å². The van der Waals surface area contributed by atoms with Crippen molar-refractivity contribution in [3.05, 3.63) is 9.77 Å². The summed E-state index contributed by atoms with van der Waals surface area (Å²) < 4.78 is 39.1. The van der Waals surface area contributed by atoms with E-state index in [1.54, 1.807) is 22.6 Å². The molecule has 0 aromatic carbocycles. The van der Waals surface area contributed by atoms with Crippen LogP contribution in [0.2, 0.25) is 0 Å². The number of pyridine rings is 1. The molecule has 0 radical (unpaired) electrons. The first-order valence-corrected chi connectivity index (χ1v) is 4.34. The Balaban J connectivity index is 3.06. The summed E-state index contributed by atoms with van der Waals surface area (Å²) in [4.78, 5) is 3.37. The van der Waals surface area contributed by atoms with Gasteiger partial charge in [-0.25, -0.2) is 4.98 Å². The molecule has 0 unspecified atom stereocenters. The van der Waals surface area contributed by atoms with Crippen molar-refractivity contribution >= 4 is 34.0 Å². The summed E-state index contributed by atoms with van der Waals surface area (Å²) in [6, 6.07) is 0. The van der Waals surface area contributed by atoms with Gasteiger partial charge in [0.25, 0.3) is 0 Å². The molecule has 1 aromatic rings. The first-order chi connectivity index (χ1) is 6.31. The molecule has 78 valence electrons. The van der Waals surface area contributed by atoms with Gasteiger partial charge in [-0.3, -0.25) is 0 Å². The second-order valence-electron chi connectivity index (χ2n) is 2.29. The van der Waals surface area contributed by atoms with Crippen LogP contribution < -0.4 is 16.2 Å². The number of aromatic nitrogens is 1. The predicted molar refractivity (Wildman–Crippen MR) is 52.5 cm³/mol. The summed E-state index contributed by atoms with van der Waals surface area (Å²) in [5.74, 6) is -0.593. The Morgan fingerprint density at radius 3 is 2.43 bits per heavy atom.